The zero-order chi connectivity index (χ0) is 20.1. The van der Waals surface area contributed by atoms with Crippen LogP contribution < -0.4 is 10.6 Å². The third-order valence-corrected chi connectivity index (χ3v) is 4.31. The van der Waals surface area contributed by atoms with Gasteiger partial charge in [-0.1, -0.05) is 19.9 Å². The highest BCUT2D eigenvalue weighted by atomic mass is 16.1. The number of benzene rings is 1. The Morgan fingerprint density at radius 1 is 1.00 bits per heavy atom. The normalized spacial score (nSPS) is 10.8. The van der Waals surface area contributed by atoms with Gasteiger partial charge in [-0.15, -0.1) is 0 Å². The first-order valence-corrected chi connectivity index (χ1v) is 9.36. The van der Waals surface area contributed by atoms with Crippen molar-refractivity contribution in [2.45, 2.75) is 34.1 Å². The summed E-state index contributed by atoms with van der Waals surface area (Å²) >= 11 is 0. The Balaban J connectivity index is 1.78. The van der Waals surface area contributed by atoms with Crippen molar-refractivity contribution in [3.8, 4) is 11.5 Å². The fourth-order valence-corrected chi connectivity index (χ4v) is 2.72. The molecule has 3 aromatic rings. The summed E-state index contributed by atoms with van der Waals surface area (Å²) in [5.74, 6) is 1.68. The lowest BCUT2D eigenvalue weighted by Crippen LogP contribution is -2.13. The Kier molecular flexibility index (Phi) is 5.99. The van der Waals surface area contributed by atoms with Crippen molar-refractivity contribution in [3.63, 3.8) is 0 Å². The van der Waals surface area contributed by atoms with Crippen molar-refractivity contribution in [2.75, 3.05) is 10.6 Å². The van der Waals surface area contributed by atoms with Gasteiger partial charge in [0, 0.05) is 35.2 Å². The molecule has 0 saturated carbocycles. The maximum Gasteiger partial charge on any atom is 0.224 e. The van der Waals surface area contributed by atoms with Crippen LogP contribution in [0.25, 0.3) is 11.5 Å². The molecule has 0 fully saturated rings. The Labute approximate surface area is 165 Å². The summed E-state index contributed by atoms with van der Waals surface area (Å²) in [6, 6.07) is 13.3. The minimum Gasteiger partial charge on any atom is -0.340 e. The molecule has 1 amide bonds. The Morgan fingerprint density at radius 2 is 1.71 bits per heavy atom. The lowest BCUT2D eigenvalue weighted by Gasteiger charge is -2.13. The minimum absolute atomic E-state index is 0.0259. The van der Waals surface area contributed by atoms with Crippen molar-refractivity contribution in [1.29, 1.82) is 0 Å². The molecule has 0 spiro atoms. The molecule has 0 aliphatic heterocycles. The second kappa shape index (κ2) is 8.61. The SMILES string of the molecule is Cc1nc(-c2ccccn2)nc(Nc2ccc(NC(=O)CC(C)C)cc2)c1C. The van der Waals surface area contributed by atoms with E-state index in [9.17, 15) is 4.79 Å². The lowest BCUT2D eigenvalue weighted by molar-refractivity contribution is -0.116. The van der Waals surface area contributed by atoms with E-state index >= 15 is 0 Å². The average Bonchev–Trinajstić information content (AvgIpc) is 2.67. The molecule has 0 aliphatic rings. The molecule has 0 unspecified atom stereocenters. The van der Waals surface area contributed by atoms with Crippen LogP contribution in [0, 0.1) is 19.8 Å². The summed E-state index contributed by atoms with van der Waals surface area (Å²) in [6.07, 6.45) is 2.24. The second-order valence-corrected chi connectivity index (χ2v) is 7.17. The monoisotopic (exact) mass is 375 g/mol. The molecular weight excluding hydrogens is 350 g/mol. The molecule has 0 saturated heterocycles. The molecule has 0 bridgehead atoms. The largest absolute Gasteiger partial charge is 0.340 e. The van der Waals surface area contributed by atoms with E-state index in [1.165, 1.54) is 0 Å². The predicted molar refractivity (Wildman–Crippen MR) is 113 cm³/mol. The molecule has 0 aliphatic carbocycles. The molecule has 144 valence electrons. The lowest BCUT2D eigenvalue weighted by atomic mass is 10.1. The average molecular weight is 375 g/mol. The third-order valence-electron chi connectivity index (χ3n) is 4.31. The summed E-state index contributed by atoms with van der Waals surface area (Å²) < 4.78 is 0. The highest BCUT2D eigenvalue weighted by Crippen LogP contribution is 2.24. The molecule has 1 aromatic carbocycles. The number of hydrogen-bond acceptors (Lipinski definition) is 5. The van der Waals surface area contributed by atoms with Crippen molar-refractivity contribution in [1.82, 2.24) is 15.0 Å². The number of aryl methyl sites for hydroxylation is 1. The van der Waals surface area contributed by atoms with Gasteiger partial charge in [0.15, 0.2) is 5.82 Å². The van der Waals surface area contributed by atoms with E-state index in [-0.39, 0.29) is 5.91 Å². The number of hydrogen-bond donors (Lipinski definition) is 2. The first-order chi connectivity index (χ1) is 13.4. The molecule has 0 atom stereocenters. The fraction of sp³-hybridized carbons (Fsp3) is 0.273. The number of nitrogens with zero attached hydrogens (tertiary/aromatic N) is 3. The van der Waals surface area contributed by atoms with E-state index in [4.69, 9.17) is 0 Å². The number of pyridine rings is 1. The fourth-order valence-electron chi connectivity index (χ4n) is 2.72. The summed E-state index contributed by atoms with van der Waals surface area (Å²) in [5, 5.41) is 6.26. The van der Waals surface area contributed by atoms with E-state index in [0.717, 1.165) is 34.1 Å². The Bertz CT molecular complexity index is 953. The van der Waals surface area contributed by atoms with Gasteiger partial charge >= 0.3 is 0 Å². The van der Waals surface area contributed by atoms with Crippen LogP contribution in [0.15, 0.2) is 48.7 Å². The van der Waals surface area contributed by atoms with Crippen LogP contribution in [0.5, 0.6) is 0 Å². The second-order valence-electron chi connectivity index (χ2n) is 7.17. The van der Waals surface area contributed by atoms with Gasteiger partial charge in [0.2, 0.25) is 5.91 Å². The molecule has 6 nitrogen and oxygen atoms in total. The molecule has 0 radical (unpaired) electrons. The predicted octanol–water partition coefficient (Wildman–Crippen LogP) is 4.88. The number of anilines is 3. The van der Waals surface area contributed by atoms with Gasteiger partial charge in [-0.25, -0.2) is 9.97 Å². The number of nitrogens with one attached hydrogen (secondary N) is 2. The van der Waals surface area contributed by atoms with E-state index in [0.29, 0.717) is 18.2 Å². The zero-order valence-corrected chi connectivity index (χ0v) is 16.7. The summed E-state index contributed by atoms with van der Waals surface area (Å²) in [6.45, 7) is 8.00. The van der Waals surface area contributed by atoms with E-state index in [1.54, 1.807) is 6.20 Å². The molecule has 2 heterocycles. The maximum absolute atomic E-state index is 11.9. The minimum atomic E-state index is 0.0259. The van der Waals surface area contributed by atoms with Gasteiger partial charge in [0.1, 0.15) is 11.5 Å². The molecule has 28 heavy (non-hydrogen) atoms. The van der Waals surface area contributed by atoms with Crippen LogP contribution in [-0.2, 0) is 4.79 Å². The van der Waals surface area contributed by atoms with Gasteiger partial charge in [-0.3, -0.25) is 9.78 Å². The van der Waals surface area contributed by atoms with E-state index in [1.807, 2.05) is 70.2 Å². The zero-order valence-electron chi connectivity index (χ0n) is 16.7. The summed E-state index contributed by atoms with van der Waals surface area (Å²) in [5.41, 5.74) is 4.28. The number of amides is 1. The van der Waals surface area contributed by atoms with E-state index < -0.39 is 0 Å². The Morgan fingerprint density at radius 3 is 2.36 bits per heavy atom. The van der Waals surface area contributed by atoms with Gasteiger partial charge in [-0.2, -0.15) is 0 Å². The topological polar surface area (TPSA) is 79.8 Å². The number of rotatable bonds is 6. The van der Waals surface area contributed by atoms with Gasteiger partial charge in [0.05, 0.1) is 0 Å². The van der Waals surface area contributed by atoms with Crippen LogP contribution in [0.1, 0.15) is 31.5 Å². The third kappa shape index (κ3) is 4.91. The van der Waals surface area contributed by atoms with Crippen molar-refractivity contribution >= 4 is 23.1 Å². The van der Waals surface area contributed by atoms with Crippen LogP contribution in [0.2, 0.25) is 0 Å². The number of carbonyl (C=O) groups is 1. The highest BCUT2D eigenvalue weighted by Gasteiger charge is 2.11. The first-order valence-electron chi connectivity index (χ1n) is 9.36. The van der Waals surface area contributed by atoms with Crippen LogP contribution in [-0.4, -0.2) is 20.9 Å². The summed E-state index contributed by atoms with van der Waals surface area (Å²) in [4.78, 5) is 25.4. The molecule has 2 aromatic heterocycles. The van der Waals surface area contributed by atoms with Crippen molar-refractivity contribution < 1.29 is 4.79 Å². The molecule has 3 rings (SSSR count). The maximum atomic E-state index is 11.9. The summed E-state index contributed by atoms with van der Waals surface area (Å²) in [7, 11) is 0. The van der Waals surface area contributed by atoms with Gasteiger partial charge in [-0.05, 0) is 56.2 Å². The molecular formula is C22H25N5O. The highest BCUT2D eigenvalue weighted by molar-refractivity contribution is 5.91. The smallest absolute Gasteiger partial charge is 0.224 e. The molecule has 6 heteroatoms. The van der Waals surface area contributed by atoms with Gasteiger partial charge < -0.3 is 10.6 Å². The molecule has 2 N–H and O–H groups in total. The van der Waals surface area contributed by atoms with E-state index in [2.05, 4.69) is 25.6 Å². The van der Waals surface area contributed by atoms with Crippen LogP contribution in [0.4, 0.5) is 17.2 Å². The van der Waals surface area contributed by atoms with Crippen molar-refractivity contribution in [2.24, 2.45) is 5.92 Å². The quantitative estimate of drug-likeness (QED) is 0.642. The number of aromatic nitrogens is 3. The standard InChI is InChI=1S/C22H25N5O/c1-14(2)13-20(28)25-17-8-10-18(11-9-17)26-21-15(3)16(4)24-22(27-21)19-7-5-6-12-23-19/h5-12,14H,13H2,1-4H3,(H,25,28)(H,24,26,27). The number of carbonyl (C=O) groups excluding carboxylic acids is 1. The van der Waals surface area contributed by atoms with Gasteiger partial charge in [0.25, 0.3) is 0 Å². The Hall–Kier alpha value is -3.28. The van der Waals surface area contributed by atoms with Crippen LogP contribution >= 0.6 is 0 Å². The van der Waals surface area contributed by atoms with Crippen LogP contribution in [0.3, 0.4) is 0 Å². The first kappa shape index (κ1) is 19.5. The van der Waals surface area contributed by atoms with Crippen molar-refractivity contribution in [3.05, 3.63) is 59.9 Å².